The number of morpholine rings is 1. The summed E-state index contributed by atoms with van der Waals surface area (Å²) in [7, 11) is -4.22. The van der Waals surface area contributed by atoms with E-state index < -0.39 is 50.2 Å². The van der Waals surface area contributed by atoms with E-state index in [0.29, 0.717) is 6.07 Å². The van der Waals surface area contributed by atoms with Crippen LogP contribution in [0.4, 0.5) is 13.2 Å². The van der Waals surface area contributed by atoms with Crippen LogP contribution in [0.15, 0.2) is 41.3 Å². The second-order valence-electron chi connectivity index (χ2n) is 6.70. The summed E-state index contributed by atoms with van der Waals surface area (Å²) in [5.41, 5.74) is -0.507. The van der Waals surface area contributed by atoms with Gasteiger partial charge >= 0.3 is 5.97 Å². The van der Waals surface area contributed by atoms with Crippen LogP contribution in [-0.4, -0.2) is 56.9 Å². The van der Waals surface area contributed by atoms with Crippen molar-refractivity contribution in [3.05, 3.63) is 65.0 Å². The van der Waals surface area contributed by atoms with Crippen molar-refractivity contribution in [2.24, 2.45) is 0 Å². The van der Waals surface area contributed by atoms with Crippen molar-refractivity contribution in [1.82, 2.24) is 4.31 Å². The van der Waals surface area contributed by atoms with E-state index in [0.717, 1.165) is 34.6 Å². The van der Waals surface area contributed by atoms with Gasteiger partial charge in [-0.05, 0) is 43.3 Å². The Morgan fingerprint density at radius 2 is 1.58 bits per heavy atom. The normalized spacial score (nSPS) is 16.0. The monoisotopic (exact) mass is 457 g/mol. The molecule has 0 bridgehead atoms. The number of ether oxygens (including phenoxy) is 2. The highest BCUT2D eigenvalue weighted by Gasteiger charge is 2.30. The third-order valence-corrected chi connectivity index (χ3v) is 6.53. The predicted octanol–water partition coefficient (Wildman–Crippen LogP) is 2.55. The quantitative estimate of drug-likeness (QED) is 0.489. The standard InChI is InChI=1S/C20H18F3NO6S/c1-12(19(25)13-2-4-15(21)17(23)10-13)30-20(26)14-3-5-16(22)18(11-14)31(27,28)24-6-8-29-9-7-24/h2-5,10-12H,6-9H2,1H3. The topological polar surface area (TPSA) is 90.0 Å². The van der Waals surface area contributed by atoms with E-state index in [-0.39, 0.29) is 37.4 Å². The second-order valence-corrected chi connectivity index (χ2v) is 8.61. The van der Waals surface area contributed by atoms with Crippen LogP contribution < -0.4 is 0 Å². The molecule has 0 spiro atoms. The predicted molar refractivity (Wildman–Crippen MR) is 102 cm³/mol. The fraction of sp³-hybridized carbons (Fsp3) is 0.300. The van der Waals surface area contributed by atoms with Crippen molar-refractivity contribution in [2.45, 2.75) is 17.9 Å². The lowest BCUT2D eigenvalue weighted by Gasteiger charge is -2.26. The number of ketones is 1. The molecule has 11 heteroatoms. The average Bonchev–Trinajstić information content (AvgIpc) is 2.75. The zero-order valence-electron chi connectivity index (χ0n) is 16.3. The SMILES string of the molecule is CC(OC(=O)c1ccc(F)c(S(=O)(=O)N2CCOCC2)c1)C(=O)c1ccc(F)c(F)c1. The van der Waals surface area contributed by atoms with Gasteiger partial charge in [0, 0.05) is 18.7 Å². The maximum atomic E-state index is 14.3. The first-order valence-corrected chi connectivity index (χ1v) is 10.6. The van der Waals surface area contributed by atoms with Crippen molar-refractivity contribution in [3.63, 3.8) is 0 Å². The molecule has 1 heterocycles. The Labute approximate surface area is 176 Å². The Morgan fingerprint density at radius 1 is 0.968 bits per heavy atom. The highest BCUT2D eigenvalue weighted by molar-refractivity contribution is 7.89. The molecular weight excluding hydrogens is 439 g/mol. The van der Waals surface area contributed by atoms with Crippen LogP contribution in [0.5, 0.6) is 0 Å². The molecule has 3 rings (SSSR count). The second kappa shape index (κ2) is 9.16. The number of Topliss-reactive ketones (excluding diaryl/α,β-unsaturated/α-hetero) is 1. The van der Waals surface area contributed by atoms with E-state index in [4.69, 9.17) is 9.47 Å². The van der Waals surface area contributed by atoms with Crippen molar-refractivity contribution in [2.75, 3.05) is 26.3 Å². The van der Waals surface area contributed by atoms with Gasteiger partial charge in [-0.1, -0.05) is 0 Å². The van der Waals surface area contributed by atoms with E-state index >= 15 is 0 Å². The van der Waals surface area contributed by atoms with Gasteiger partial charge in [0.25, 0.3) is 0 Å². The third-order valence-electron chi connectivity index (χ3n) is 4.61. The number of sulfonamides is 1. The molecule has 7 nitrogen and oxygen atoms in total. The van der Waals surface area contributed by atoms with Crippen molar-refractivity contribution in [3.8, 4) is 0 Å². The molecule has 1 fully saturated rings. The highest BCUT2D eigenvalue weighted by Crippen LogP contribution is 2.23. The Hall–Kier alpha value is -2.76. The molecule has 0 radical (unpaired) electrons. The molecule has 2 aromatic rings. The molecule has 0 N–H and O–H groups in total. The smallest absolute Gasteiger partial charge is 0.338 e. The van der Waals surface area contributed by atoms with Crippen LogP contribution in [-0.2, 0) is 19.5 Å². The number of nitrogens with zero attached hydrogens (tertiary/aromatic N) is 1. The summed E-state index contributed by atoms with van der Waals surface area (Å²) in [6, 6.07) is 5.14. The Balaban J connectivity index is 1.79. The largest absolute Gasteiger partial charge is 0.451 e. The van der Waals surface area contributed by atoms with Gasteiger partial charge in [0.15, 0.2) is 17.7 Å². The van der Waals surface area contributed by atoms with Gasteiger partial charge in [0.05, 0.1) is 18.8 Å². The number of carbonyl (C=O) groups is 2. The van der Waals surface area contributed by atoms with Crippen molar-refractivity contribution in [1.29, 1.82) is 0 Å². The lowest BCUT2D eigenvalue weighted by Crippen LogP contribution is -2.41. The van der Waals surface area contributed by atoms with Gasteiger partial charge in [-0.2, -0.15) is 4.31 Å². The van der Waals surface area contributed by atoms with Gasteiger partial charge in [-0.3, -0.25) is 4.79 Å². The molecule has 1 unspecified atom stereocenters. The molecule has 1 atom stereocenters. The maximum absolute atomic E-state index is 14.3. The number of carbonyl (C=O) groups excluding carboxylic acids is 2. The van der Waals surface area contributed by atoms with Gasteiger partial charge < -0.3 is 9.47 Å². The summed E-state index contributed by atoms with van der Waals surface area (Å²) >= 11 is 0. The van der Waals surface area contributed by atoms with E-state index in [1.807, 2.05) is 0 Å². The van der Waals surface area contributed by atoms with Crippen molar-refractivity contribution < 1.29 is 40.7 Å². The zero-order valence-corrected chi connectivity index (χ0v) is 17.1. The number of hydrogen-bond acceptors (Lipinski definition) is 6. The first-order chi connectivity index (χ1) is 14.6. The molecule has 1 aliphatic heterocycles. The van der Waals surface area contributed by atoms with Crippen LogP contribution in [0.25, 0.3) is 0 Å². The number of benzene rings is 2. The Bertz CT molecular complexity index is 1120. The molecule has 31 heavy (non-hydrogen) atoms. The summed E-state index contributed by atoms with van der Waals surface area (Å²) in [5, 5.41) is 0. The molecule has 0 saturated carbocycles. The molecular formula is C20H18F3NO6S. The van der Waals surface area contributed by atoms with E-state index in [1.165, 1.54) is 6.92 Å². The Kier molecular flexibility index (Phi) is 6.77. The fourth-order valence-corrected chi connectivity index (χ4v) is 4.42. The van der Waals surface area contributed by atoms with Gasteiger partial charge in [-0.15, -0.1) is 0 Å². The summed E-state index contributed by atoms with van der Waals surface area (Å²) < 4.78 is 77.2. The van der Waals surface area contributed by atoms with Crippen molar-refractivity contribution >= 4 is 21.8 Å². The molecule has 2 aromatic carbocycles. The van der Waals surface area contributed by atoms with Gasteiger partial charge in [0.1, 0.15) is 10.7 Å². The molecule has 1 aliphatic rings. The summed E-state index contributed by atoms with van der Waals surface area (Å²) in [6.45, 7) is 1.61. The summed E-state index contributed by atoms with van der Waals surface area (Å²) in [6.07, 6.45) is -1.39. The molecule has 0 aliphatic carbocycles. The summed E-state index contributed by atoms with van der Waals surface area (Å²) in [5.74, 6) is -5.30. The van der Waals surface area contributed by atoms with Crippen LogP contribution >= 0.6 is 0 Å². The van der Waals surface area contributed by atoms with E-state index in [2.05, 4.69) is 0 Å². The first-order valence-electron chi connectivity index (χ1n) is 9.19. The van der Waals surface area contributed by atoms with Crippen LogP contribution in [0.2, 0.25) is 0 Å². The molecule has 1 saturated heterocycles. The highest BCUT2D eigenvalue weighted by atomic mass is 32.2. The third kappa shape index (κ3) is 4.94. The van der Waals surface area contributed by atoms with Gasteiger partial charge in [0.2, 0.25) is 15.8 Å². The first kappa shape index (κ1) is 22.9. The minimum absolute atomic E-state index is 0.0379. The molecule has 0 amide bonds. The Morgan fingerprint density at radius 3 is 2.23 bits per heavy atom. The number of halogens is 3. The molecule has 166 valence electrons. The maximum Gasteiger partial charge on any atom is 0.338 e. The fourth-order valence-electron chi connectivity index (χ4n) is 2.92. The number of esters is 1. The van der Waals surface area contributed by atoms with Crippen LogP contribution in [0, 0.1) is 17.5 Å². The minimum Gasteiger partial charge on any atom is -0.451 e. The number of rotatable bonds is 6. The zero-order chi connectivity index (χ0) is 22.8. The van der Waals surface area contributed by atoms with Crippen LogP contribution in [0.3, 0.4) is 0 Å². The average molecular weight is 457 g/mol. The van der Waals surface area contributed by atoms with Gasteiger partial charge in [-0.25, -0.2) is 26.4 Å². The summed E-state index contributed by atoms with van der Waals surface area (Å²) in [4.78, 5) is 24.0. The number of hydrogen-bond donors (Lipinski definition) is 0. The van der Waals surface area contributed by atoms with E-state index in [9.17, 15) is 31.2 Å². The lowest BCUT2D eigenvalue weighted by molar-refractivity contribution is 0.0318. The minimum atomic E-state index is -4.22. The van der Waals surface area contributed by atoms with E-state index in [1.54, 1.807) is 0 Å². The lowest BCUT2D eigenvalue weighted by atomic mass is 10.1. The molecule has 0 aromatic heterocycles. The van der Waals surface area contributed by atoms with Crippen LogP contribution in [0.1, 0.15) is 27.6 Å².